The maximum atomic E-state index is 8.92. The van der Waals surface area contributed by atoms with Gasteiger partial charge in [0.1, 0.15) is 0 Å². The Hall–Kier alpha value is -2.14. The fourth-order valence-electron chi connectivity index (χ4n) is 2.04. The monoisotopic (exact) mass is 253 g/mol. The lowest BCUT2D eigenvalue weighted by Crippen LogP contribution is -2.27. The lowest BCUT2D eigenvalue weighted by molar-refractivity contribution is -0.140. The standard InChI is InChI=1S/C15H15N3O/c16-9-4-10-18-14(11-15(12-17)19-18)8-7-13-5-2-1-3-6-13/h1-3,5-8,14-15H,4,10-11H2/b8-7+/t14-,15-/m0/s1. The van der Waals surface area contributed by atoms with Crippen LogP contribution in [0, 0.1) is 22.7 Å². The molecule has 0 saturated carbocycles. The minimum Gasteiger partial charge on any atom is -0.280 e. The third-order valence-electron chi connectivity index (χ3n) is 2.99. The number of hydrogen-bond acceptors (Lipinski definition) is 4. The smallest absolute Gasteiger partial charge is 0.167 e. The third-order valence-corrected chi connectivity index (χ3v) is 2.99. The Kier molecular flexibility index (Phi) is 4.69. The first kappa shape index (κ1) is 13.3. The van der Waals surface area contributed by atoms with Crippen LogP contribution < -0.4 is 0 Å². The maximum Gasteiger partial charge on any atom is 0.167 e. The maximum absolute atomic E-state index is 8.92. The van der Waals surface area contributed by atoms with Crippen LogP contribution in [0.3, 0.4) is 0 Å². The normalized spacial score (nSPS) is 23.3. The molecule has 1 saturated heterocycles. The van der Waals surface area contributed by atoms with Crippen LogP contribution in [0.5, 0.6) is 0 Å². The second-order valence-corrected chi connectivity index (χ2v) is 4.34. The molecule has 0 radical (unpaired) electrons. The molecule has 2 atom stereocenters. The van der Waals surface area contributed by atoms with E-state index in [4.69, 9.17) is 15.4 Å². The van der Waals surface area contributed by atoms with Gasteiger partial charge in [-0.25, -0.2) is 0 Å². The van der Waals surface area contributed by atoms with Gasteiger partial charge in [0.25, 0.3) is 0 Å². The molecule has 1 fully saturated rings. The minimum atomic E-state index is -0.413. The second kappa shape index (κ2) is 6.70. The molecule has 0 amide bonds. The van der Waals surface area contributed by atoms with Crippen LogP contribution >= 0.6 is 0 Å². The van der Waals surface area contributed by atoms with Crippen molar-refractivity contribution >= 4 is 6.08 Å². The van der Waals surface area contributed by atoms with Crippen LogP contribution in [0.15, 0.2) is 36.4 Å². The summed E-state index contributed by atoms with van der Waals surface area (Å²) in [6.07, 6.45) is 4.68. The van der Waals surface area contributed by atoms with Gasteiger partial charge >= 0.3 is 0 Å². The molecular weight excluding hydrogens is 238 g/mol. The summed E-state index contributed by atoms with van der Waals surface area (Å²) in [7, 11) is 0. The molecule has 2 rings (SSSR count). The Labute approximate surface area is 113 Å². The summed E-state index contributed by atoms with van der Waals surface area (Å²) >= 11 is 0. The van der Waals surface area contributed by atoms with Crippen LogP contribution in [-0.2, 0) is 4.84 Å². The predicted octanol–water partition coefficient (Wildman–Crippen LogP) is 2.51. The zero-order valence-electron chi connectivity index (χ0n) is 10.6. The van der Waals surface area contributed by atoms with Gasteiger partial charge in [0.05, 0.1) is 24.6 Å². The molecule has 0 unspecified atom stereocenters. The van der Waals surface area contributed by atoms with Gasteiger partial charge in [0.15, 0.2) is 6.10 Å². The average molecular weight is 253 g/mol. The summed E-state index contributed by atoms with van der Waals surface area (Å²) in [6, 6.07) is 14.2. The zero-order chi connectivity index (χ0) is 13.5. The number of benzene rings is 1. The van der Waals surface area contributed by atoms with Crippen molar-refractivity contribution in [3.63, 3.8) is 0 Å². The summed E-state index contributed by atoms with van der Waals surface area (Å²) in [5, 5.41) is 19.3. The van der Waals surface area contributed by atoms with Crippen molar-refractivity contribution in [3.05, 3.63) is 42.0 Å². The van der Waals surface area contributed by atoms with E-state index in [0.717, 1.165) is 5.56 Å². The van der Waals surface area contributed by atoms with Gasteiger partial charge in [-0.05, 0) is 5.56 Å². The van der Waals surface area contributed by atoms with E-state index in [0.29, 0.717) is 19.4 Å². The Morgan fingerprint density at radius 2 is 2.11 bits per heavy atom. The van der Waals surface area contributed by atoms with Gasteiger partial charge in [-0.2, -0.15) is 15.6 Å². The first-order chi connectivity index (χ1) is 9.33. The van der Waals surface area contributed by atoms with E-state index in [-0.39, 0.29) is 6.04 Å². The lowest BCUT2D eigenvalue weighted by atomic mass is 10.1. The second-order valence-electron chi connectivity index (χ2n) is 4.34. The van der Waals surface area contributed by atoms with Crippen LogP contribution in [0.1, 0.15) is 18.4 Å². The summed E-state index contributed by atoms with van der Waals surface area (Å²) in [4.78, 5) is 5.48. The summed E-state index contributed by atoms with van der Waals surface area (Å²) < 4.78 is 0. The van der Waals surface area contributed by atoms with Crippen molar-refractivity contribution in [1.29, 1.82) is 10.5 Å². The molecular formula is C15H15N3O. The Morgan fingerprint density at radius 3 is 2.79 bits per heavy atom. The zero-order valence-corrected chi connectivity index (χ0v) is 10.6. The number of nitrogens with zero attached hydrogens (tertiary/aromatic N) is 3. The largest absolute Gasteiger partial charge is 0.280 e. The lowest BCUT2D eigenvalue weighted by Gasteiger charge is -2.18. The molecule has 96 valence electrons. The molecule has 0 aliphatic carbocycles. The van der Waals surface area contributed by atoms with E-state index in [1.165, 1.54) is 0 Å². The topological polar surface area (TPSA) is 60.1 Å². The molecule has 0 N–H and O–H groups in total. The van der Waals surface area contributed by atoms with Gasteiger partial charge in [0.2, 0.25) is 0 Å². The van der Waals surface area contributed by atoms with Gasteiger partial charge in [-0.15, -0.1) is 0 Å². The fourth-order valence-corrected chi connectivity index (χ4v) is 2.04. The van der Waals surface area contributed by atoms with Crippen molar-refractivity contribution in [1.82, 2.24) is 5.06 Å². The van der Waals surface area contributed by atoms with E-state index in [9.17, 15) is 0 Å². The fraction of sp³-hybridized carbons (Fsp3) is 0.333. The van der Waals surface area contributed by atoms with Crippen molar-refractivity contribution in [2.45, 2.75) is 25.0 Å². The van der Waals surface area contributed by atoms with Crippen molar-refractivity contribution < 1.29 is 4.84 Å². The molecule has 0 bridgehead atoms. The molecule has 1 aliphatic rings. The van der Waals surface area contributed by atoms with Crippen molar-refractivity contribution in [2.24, 2.45) is 0 Å². The SMILES string of the molecule is N#CCCN1O[C@H](C#N)C[C@@H]1/C=C/c1ccccc1. The number of nitriles is 2. The molecule has 1 aromatic carbocycles. The van der Waals surface area contributed by atoms with E-state index in [1.54, 1.807) is 5.06 Å². The molecule has 1 heterocycles. The molecule has 4 heteroatoms. The van der Waals surface area contributed by atoms with E-state index in [1.807, 2.05) is 42.5 Å². The Balaban J connectivity index is 2.02. The van der Waals surface area contributed by atoms with Gasteiger partial charge in [-0.1, -0.05) is 42.5 Å². The van der Waals surface area contributed by atoms with Gasteiger partial charge < -0.3 is 0 Å². The molecule has 1 aliphatic heterocycles. The van der Waals surface area contributed by atoms with Crippen LogP contribution in [0.25, 0.3) is 6.08 Å². The first-order valence-corrected chi connectivity index (χ1v) is 6.26. The van der Waals surface area contributed by atoms with Crippen molar-refractivity contribution in [3.8, 4) is 12.1 Å². The summed E-state index contributed by atoms with van der Waals surface area (Å²) in [6.45, 7) is 0.526. The molecule has 19 heavy (non-hydrogen) atoms. The highest BCUT2D eigenvalue weighted by Gasteiger charge is 2.31. The highest BCUT2D eigenvalue weighted by atomic mass is 16.7. The minimum absolute atomic E-state index is 0.0539. The number of hydroxylamine groups is 2. The summed E-state index contributed by atoms with van der Waals surface area (Å²) in [5.41, 5.74) is 1.11. The van der Waals surface area contributed by atoms with Gasteiger partial charge in [0, 0.05) is 13.0 Å². The average Bonchev–Trinajstić information content (AvgIpc) is 2.86. The first-order valence-electron chi connectivity index (χ1n) is 6.26. The Bertz CT molecular complexity index is 512. The van der Waals surface area contributed by atoms with Crippen LogP contribution in [-0.4, -0.2) is 23.8 Å². The third kappa shape index (κ3) is 3.66. The summed E-state index contributed by atoms with van der Waals surface area (Å²) in [5.74, 6) is 0. The number of rotatable bonds is 4. The molecule has 0 spiro atoms. The quantitative estimate of drug-likeness (QED) is 0.827. The predicted molar refractivity (Wildman–Crippen MR) is 71.3 cm³/mol. The van der Waals surface area contributed by atoms with E-state index < -0.39 is 6.10 Å². The van der Waals surface area contributed by atoms with Gasteiger partial charge in [-0.3, -0.25) is 4.84 Å². The molecule has 4 nitrogen and oxygen atoms in total. The molecule has 0 aromatic heterocycles. The highest BCUT2D eigenvalue weighted by molar-refractivity contribution is 5.49. The van der Waals surface area contributed by atoms with E-state index >= 15 is 0 Å². The van der Waals surface area contributed by atoms with Crippen molar-refractivity contribution in [2.75, 3.05) is 6.54 Å². The van der Waals surface area contributed by atoms with Crippen LogP contribution in [0.2, 0.25) is 0 Å². The molecule has 1 aromatic rings. The highest BCUT2D eigenvalue weighted by Crippen LogP contribution is 2.22. The van der Waals surface area contributed by atoms with Crippen LogP contribution in [0.4, 0.5) is 0 Å². The van der Waals surface area contributed by atoms with E-state index in [2.05, 4.69) is 12.1 Å². The Morgan fingerprint density at radius 1 is 1.32 bits per heavy atom. The number of hydrogen-bond donors (Lipinski definition) is 0.